The number of aryl methyl sites for hydroxylation is 2. The molecular weight excluding hydrogens is 382 g/mol. The Labute approximate surface area is 155 Å². The van der Waals surface area contributed by atoms with Crippen molar-refractivity contribution in [2.24, 2.45) is 0 Å². The zero-order valence-electron chi connectivity index (χ0n) is 14.5. The molecule has 0 bridgehead atoms. The molecule has 0 aliphatic rings. The Morgan fingerprint density at radius 2 is 1.96 bits per heavy atom. The summed E-state index contributed by atoms with van der Waals surface area (Å²) in [6, 6.07) is 8.01. The number of benzene rings is 1. The molecule has 2 heterocycles. The number of hydrogen-bond donors (Lipinski definition) is 0. The van der Waals surface area contributed by atoms with Crippen LogP contribution in [0.5, 0.6) is 0 Å². The lowest BCUT2D eigenvalue weighted by molar-refractivity contribution is -0.130. The topological polar surface area (TPSA) is 63.4 Å². The van der Waals surface area contributed by atoms with Crippen molar-refractivity contribution in [3.05, 3.63) is 57.6 Å². The summed E-state index contributed by atoms with van der Waals surface area (Å²) in [5.74, 6) is 0.706. The number of amides is 1. The van der Waals surface area contributed by atoms with Gasteiger partial charge in [-0.05, 0) is 43.5 Å². The van der Waals surface area contributed by atoms with Crippen molar-refractivity contribution < 1.29 is 4.79 Å². The smallest absolute Gasteiger partial charge is 0.252 e. The molecule has 0 aliphatic heterocycles. The minimum atomic E-state index is 0.111. The monoisotopic (exact) mass is 401 g/mol. The Morgan fingerprint density at radius 3 is 2.68 bits per heavy atom. The number of aromatic nitrogens is 4. The lowest BCUT2D eigenvalue weighted by Crippen LogP contribution is -2.26. The lowest BCUT2D eigenvalue weighted by atomic mass is 10.1. The van der Waals surface area contributed by atoms with Gasteiger partial charge >= 0.3 is 0 Å². The fraction of sp³-hybridized carbons (Fsp3) is 0.333. The third-order valence-electron chi connectivity index (χ3n) is 4.34. The molecule has 0 aliphatic carbocycles. The van der Waals surface area contributed by atoms with E-state index in [1.54, 1.807) is 9.42 Å². The van der Waals surface area contributed by atoms with E-state index in [9.17, 15) is 4.79 Å². The average Bonchev–Trinajstić information content (AvgIpc) is 3.05. The summed E-state index contributed by atoms with van der Waals surface area (Å²) in [6.07, 6.45) is 2.58. The molecule has 0 fully saturated rings. The fourth-order valence-electron chi connectivity index (χ4n) is 2.89. The zero-order chi connectivity index (χ0) is 18.0. The number of fused-ring (bicyclic) bond motifs is 1. The average molecular weight is 402 g/mol. The highest BCUT2D eigenvalue weighted by Crippen LogP contribution is 2.16. The zero-order valence-corrected chi connectivity index (χ0v) is 16.1. The summed E-state index contributed by atoms with van der Waals surface area (Å²) in [6.45, 7) is 4.54. The summed E-state index contributed by atoms with van der Waals surface area (Å²) >= 11 is 3.42. The van der Waals surface area contributed by atoms with Crippen molar-refractivity contribution in [1.82, 2.24) is 24.5 Å². The second-order valence-corrected chi connectivity index (χ2v) is 7.02. The lowest BCUT2D eigenvalue weighted by Gasteiger charge is -2.18. The molecule has 0 atom stereocenters. The van der Waals surface area contributed by atoms with Crippen molar-refractivity contribution in [3.8, 4) is 0 Å². The van der Waals surface area contributed by atoms with E-state index in [1.807, 2.05) is 45.2 Å². The second-order valence-electron chi connectivity index (χ2n) is 6.11. The molecule has 2 aromatic heterocycles. The standard InChI is InChI=1S/C18H20BrN5O/c1-12-16(13(2)24-18(22-12)20-11-21-24)8-9-17(25)23(3)10-14-4-6-15(19)7-5-14/h4-7,11H,8-10H2,1-3H3. The van der Waals surface area contributed by atoms with Gasteiger partial charge in [-0.3, -0.25) is 4.79 Å². The summed E-state index contributed by atoms with van der Waals surface area (Å²) in [7, 11) is 1.84. The van der Waals surface area contributed by atoms with Crippen molar-refractivity contribution in [3.63, 3.8) is 0 Å². The first kappa shape index (κ1) is 17.5. The Kier molecular flexibility index (Phi) is 5.13. The normalized spacial score (nSPS) is 11.0. The highest BCUT2D eigenvalue weighted by Gasteiger charge is 2.14. The maximum atomic E-state index is 12.5. The van der Waals surface area contributed by atoms with Crippen molar-refractivity contribution in [2.75, 3.05) is 7.05 Å². The van der Waals surface area contributed by atoms with Gasteiger partial charge in [-0.15, -0.1) is 0 Å². The van der Waals surface area contributed by atoms with Crippen molar-refractivity contribution in [1.29, 1.82) is 0 Å². The van der Waals surface area contributed by atoms with E-state index < -0.39 is 0 Å². The SMILES string of the molecule is Cc1nc2ncnn2c(C)c1CCC(=O)N(C)Cc1ccc(Br)cc1. The van der Waals surface area contributed by atoms with Crippen LogP contribution in [0.4, 0.5) is 0 Å². The number of nitrogens with zero attached hydrogens (tertiary/aromatic N) is 5. The van der Waals surface area contributed by atoms with Crippen LogP contribution in [-0.4, -0.2) is 37.4 Å². The van der Waals surface area contributed by atoms with Crippen LogP contribution in [0.1, 0.15) is 28.9 Å². The molecule has 7 heteroatoms. The largest absolute Gasteiger partial charge is 0.341 e. The molecule has 0 saturated heterocycles. The van der Waals surface area contributed by atoms with Gasteiger partial charge in [0, 0.05) is 35.9 Å². The first-order valence-corrected chi connectivity index (χ1v) is 8.89. The maximum absolute atomic E-state index is 12.5. The molecule has 1 aromatic carbocycles. The third-order valence-corrected chi connectivity index (χ3v) is 4.86. The van der Waals surface area contributed by atoms with Crippen LogP contribution in [-0.2, 0) is 17.8 Å². The second kappa shape index (κ2) is 7.31. The Hall–Kier alpha value is -2.28. The van der Waals surface area contributed by atoms with Crippen LogP contribution in [0.2, 0.25) is 0 Å². The molecule has 3 rings (SSSR count). The molecule has 1 amide bonds. The quantitative estimate of drug-likeness (QED) is 0.658. The van der Waals surface area contributed by atoms with E-state index in [4.69, 9.17) is 0 Å². The van der Waals surface area contributed by atoms with Crippen LogP contribution in [0.15, 0.2) is 35.1 Å². The molecule has 3 aromatic rings. The highest BCUT2D eigenvalue weighted by molar-refractivity contribution is 9.10. The Bertz CT molecular complexity index is 904. The molecule has 0 N–H and O–H groups in total. The van der Waals surface area contributed by atoms with E-state index in [2.05, 4.69) is 31.0 Å². The van der Waals surface area contributed by atoms with Gasteiger partial charge in [-0.1, -0.05) is 28.1 Å². The number of hydrogen-bond acceptors (Lipinski definition) is 4. The van der Waals surface area contributed by atoms with Gasteiger partial charge in [-0.2, -0.15) is 10.1 Å². The Balaban J connectivity index is 1.66. The Morgan fingerprint density at radius 1 is 1.24 bits per heavy atom. The van der Waals surface area contributed by atoms with Gasteiger partial charge in [0.2, 0.25) is 5.91 Å². The summed E-state index contributed by atoms with van der Waals surface area (Å²) < 4.78 is 2.76. The van der Waals surface area contributed by atoms with E-state index in [0.29, 0.717) is 25.2 Å². The predicted molar refractivity (Wildman–Crippen MR) is 99.2 cm³/mol. The van der Waals surface area contributed by atoms with E-state index >= 15 is 0 Å². The number of carbonyl (C=O) groups is 1. The van der Waals surface area contributed by atoms with Gasteiger partial charge in [0.1, 0.15) is 6.33 Å². The predicted octanol–water partition coefficient (Wildman–Crippen LogP) is 3.09. The molecule has 0 spiro atoms. The van der Waals surface area contributed by atoms with Crippen LogP contribution in [0, 0.1) is 13.8 Å². The van der Waals surface area contributed by atoms with Crippen LogP contribution < -0.4 is 0 Å². The van der Waals surface area contributed by atoms with Crippen LogP contribution >= 0.6 is 15.9 Å². The van der Waals surface area contributed by atoms with Gasteiger partial charge in [0.25, 0.3) is 5.78 Å². The molecular formula is C18H20BrN5O. The molecule has 6 nitrogen and oxygen atoms in total. The summed E-state index contributed by atoms with van der Waals surface area (Å²) in [5, 5.41) is 4.19. The van der Waals surface area contributed by atoms with E-state index in [-0.39, 0.29) is 5.91 Å². The summed E-state index contributed by atoms with van der Waals surface area (Å²) in [4.78, 5) is 22.8. The molecule has 25 heavy (non-hydrogen) atoms. The first-order chi connectivity index (χ1) is 12.0. The van der Waals surface area contributed by atoms with Crippen LogP contribution in [0.25, 0.3) is 5.78 Å². The highest BCUT2D eigenvalue weighted by atomic mass is 79.9. The number of halogens is 1. The number of carbonyl (C=O) groups excluding carboxylic acids is 1. The van der Waals surface area contributed by atoms with E-state index in [0.717, 1.165) is 27.0 Å². The van der Waals surface area contributed by atoms with E-state index in [1.165, 1.54) is 6.33 Å². The summed E-state index contributed by atoms with van der Waals surface area (Å²) in [5.41, 5.74) is 4.06. The molecule has 130 valence electrons. The minimum absolute atomic E-state index is 0.111. The molecule has 0 radical (unpaired) electrons. The van der Waals surface area contributed by atoms with Gasteiger partial charge in [0.15, 0.2) is 0 Å². The maximum Gasteiger partial charge on any atom is 0.252 e. The van der Waals surface area contributed by atoms with Gasteiger partial charge in [-0.25, -0.2) is 9.50 Å². The fourth-order valence-corrected chi connectivity index (χ4v) is 3.16. The number of rotatable bonds is 5. The molecule has 0 unspecified atom stereocenters. The van der Waals surface area contributed by atoms with Gasteiger partial charge < -0.3 is 4.90 Å². The molecule has 0 saturated carbocycles. The van der Waals surface area contributed by atoms with Crippen LogP contribution in [0.3, 0.4) is 0 Å². The van der Waals surface area contributed by atoms with Crippen molar-refractivity contribution in [2.45, 2.75) is 33.2 Å². The van der Waals surface area contributed by atoms with Gasteiger partial charge in [0.05, 0.1) is 0 Å². The van der Waals surface area contributed by atoms with Crippen molar-refractivity contribution >= 4 is 27.6 Å². The first-order valence-electron chi connectivity index (χ1n) is 8.10. The minimum Gasteiger partial charge on any atom is -0.341 e. The third kappa shape index (κ3) is 3.87.